The third-order valence-electron chi connectivity index (χ3n) is 3.47. The molecule has 2 heterocycles. The summed E-state index contributed by atoms with van der Waals surface area (Å²) in [5, 5.41) is 19.7. The fourth-order valence-corrected chi connectivity index (χ4v) is 2.31. The largest absolute Gasteiger partial charge is 0.394 e. The molecule has 1 aliphatic rings. The Kier molecular flexibility index (Phi) is 4.21. The summed E-state index contributed by atoms with van der Waals surface area (Å²) in [4.78, 5) is 35.7. The highest BCUT2D eigenvalue weighted by atomic mass is 16.5. The van der Waals surface area contributed by atoms with Crippen molar-refractivity contribution >= 4 is 6.29 Å². The van der Waals surface area contributed by atoms with Crippen molar-refractivity contribution in [3.8, 4) is 0 Å². The van der Waals surface area contributed by atoms with Crippen molar-refractivity contribution in [3.63, 3.8) is 0 Å². The number of carbonyl (C=O) groups excluding carboxylic acids is 1. The van der Waals surface area contributed by atoms with Gasteiger partial charge in [0.1, 0.15) is 24.2 Å². The molecule has 21 heavy (non-hydrogen) atoms. The van der Waals surface area contributed by atoms with Gasteiger partial charge in [-0.15, -0.1) is 0 Å². The molecule has 114 valence electrons. The van der Waals surface area contributed by atoms with E-state index in [1.165, 1.54) is 19.2 Å². The number of aromatic amines is 1. The number of allylic oxidation sites excluding steroid dienone is 1. The Morgan fingerprint density at radius 3 is 2.90 bits per heavy atom. The molecule has 8 nitrogen and oxygen atoms in total. The molecule has 0 aromatic carbocycles. The minimum absolute atomic E-state index is 0.0338. The van der Waals surface area contributed by atoms with E-state index in [2.05, 4.69) is 4.98 Å². The van der Waals surface area contributed by atoms with Gasteiger partial charge >= 0.3 is 5.69 Å². The van der Waals surface area contributed by atoms with Gasteiger partial charge in [0.2, 0.25) is 0 Å². The predicted molar refractivity (Wildman–Crippen MR) is 71.8 cm³/mol. The predicted octanol–water partition coefficient (Wildman–Crippen LogP) is -1.39. The van der Waals surface area contributed by atoms with Gasteiger partial charge in [-0.3, -0.25) is 19.1 Å². The average molecular weight is 296 g/mol. The fraction of sp³-hybridized carbons (Fsp3) is 0.462. The van der Waals surface area contributed by atoms with Crippen molar-refractivity contribution in [2.45, 2.75) is 31.3 Å². The first-order valence-corrected chi connectivity index (χ1v) is 6.35. The molecule has 1 aromatic heterocycles. The van der Waals surface area contributed by atoms with Gasteiger partial charge in [0.05, 0.1) is 6.61 Å². The Balaban J connectivity index is 2.38. The minimum Gasteiger partial charge on any atom is -0.394 e. The first-order valence-electron chi connectivity index (χ1n) is 6.35. The number of aldehydes is 1. The summed E-state index contributed by atoms with van der Waals surface area (Å²) in [6.45, 7) is 1.05. The Bertz CT molecular complexity index is 676. The van der Waals surface area contributed by atoms with Crippen LogP contribution in [0.2, 0.25) is 0 Å². The number of H-pyrrole nitrogens is 1. The maximum atomic E-state index is 11.8. The van der Waals surface area contributed by atoms with Gasteiger partial charge in [-0.1, -0.05) is 0 Å². The summed E-state index contributed by atoms with van der Waals surface area (Å²) in [7, 11) is 0. The molecule has 1 aliphatic heterocycles. The number of aryl methyl sites for hydroxylation is 1. The quantitative estimate of drug-likeness (QED) is 0.464. The Morgan fingerprint density at radius 1 is 1.57 bits per heavy atom. The van der Waals surface area contributed by atoms with Gasteiger partial charge in [-0.25, -0.2) is 4.79 Å². The lowest BCUT2D eigenvalue weighted by Gasteiger charge is -2.22. The van der Waals surface area contributed by atoms with E-state index in [9.17, 15) is 24.6 Å². The highest BCUT2D eigenvalue weighted by Gasteiger charge is 2.46. The third kappa shape index (κ3) is 2.87. The van der Waals surface area contributed by atoms with Gasteiger partial charge < -0.3 is 14.9 Å². The zero-order chi connectivity index (χ0) is 15.6. The van der Waals surface area contributed by atoms with Crippen molar-refractivity contribution < 1.29 is 19.7 Å². The Labute approximate surface area is 119 Å². The van der Waals surface area contributed by atoms with Crippen molar-refractivity contribution in [2.24, 2.45) is 0 Å². The maximum Gasteiger partial charge on any atom is 0.330 e. The number of carbonyl (C=O) groups is 1. The molecule has 0 spiro atoms. The van der Waals surface area contributed by atoms with Crippen LogP contribution in [0.3, 0.4) is 0 Å². The van der Waals surface area contributed by atoms with Gasteiger partial charge in [-0.05, 0) is 19.1 Å². The number of hydrogen-bond acceptors (Lipinski definition) is 6. The molecule has 0 saturated carbocycles. The van der Waals surface area contributed by atoms with Crippen molar-refractivity contribution in [3.05, 3.63) is 44.8 Å². The molecular weight excluding hydrogens is 280 g/mol. The standard InChI is InChI=1S/C13H16N2O6/c1-8-6-15(12(19)14-11(8)18)10-5-13(20,3-2-4-16)9(7-17)21-10/h2-4,6,9-10,17,20H,5,7H2,1H3,(H,14,18,19)/t9-,10-,13+/m1/s1. The molecule has 3 N–H and O–H groups in total. The lowest BCUT2D eigenvalue weighted by atomic mass is 9.94. The average Bonchev–Trinajstić information content (AvgIpc) is 2.78. The molecule has 2 rings (SSSR count). The van der Waals surface area contributed by atoms with Crippen LogP contribution in [0.5, 0.6) is 0 Å². The minimum atomic E-state index is -1.57. The van der Waals surface area contributed by atoms with Crippen molar-refractivity contribution in [2.75, 3.05) is 6.61 Å². The van der Waals surface area contributed by atoms with Crippen LogP contribution in [0.25, 0.3) is 0 Å². The van der Waals surface area contributed by atoms with Crippen molar-refractivity contribution in [1.82, 2.24) is 9.55 Å². The topological polar surface area (TPSA) is 122 Å². The number of nitrogens with one attached hydrogen (secondary N) is 1. The SMILES string of the molecule is Cc1cn([C@H]2C[C@@](O)(C=CC=O)[C@@H](CO)O2)c(=O)[nH]c1=O. The summed E-state index contributed by atoms with van der Waals surface area (Å²) in [5.41, 5.74) is -2.42. The number of hydrogen-bond donors (Lipinski definition) is 3. The van der Waals surface area contributed by atoms with E-state index in [1.54, 1.807) is 0 Å². The van der Waals surface area contributed by atoms with Crippen LogP contribution in [0.1, 0.15) is 18.2 Å². The molecule has 0 unspecified atom stereocenters. The summed E-state index contributed by atoms with van der Waals surface area (Å²) in [6.07, 6.45) is 2.29. The van der Waals surface area contributed by atoms with Gasteiger partial charge in [0.25, 0.3) is 5.56 Å². The van der Waals surface area contributed by atoms with Crippen LogP contribution < -0.4 is 11.2 Å². The molecular formula is C13H16N2O6. The molecule has 8 heteroatoms. The number of aromatic nitrogens is 2. The number of aliphatic hydroxyl groups is 2. The Morgan fingerprint density at radius 2 is 2.29 bits per heavy atom. The van der Waals surface area contributed by atoms with Crippen LogP contribution in [0.4, 0.5) is 0 Å². The summed E-state index contributed by atoms with van der Waals surface area (Å²) in [5.74, 6) is 0. The van der Waals surface area contributed by atoms with Crippen LogP contribution in [0, 0.1) is 6.92 Å². The lowest BCUT2D eigenvalue weighted by Crippen LogP contribution is -2.38. The molecule has 1 saturated heterocycles. The van der Waals surface area contributed by atoms with Crippen LogP contribution in [0.15, 0.2) is 27.9 Å². The second kappa shape index (κ2) is 5.76. The first-order chi connectivity index (χ1) is 9.91. The van der Waals surface area contributed by atoms with Crippen molar-refractivity contribution in [1.29, 1.82) is 0 Å². The van der Waals surface area contributed by atoms with Crippen LogP contribution in [-0.4, -0.2) is 44.4 Å². The van der Waals surface area contributed by atoms with Gasteiger partial charge in [0.15, 0.2) is 0 Å². The van der Waals surface area contributed by atoms with E-state index in [0.717, 1.165) is 10.6 Å². The highest BCUT2D eigenvalue weighted by Crippen LogP contribution is 2.36. The Hall–Kier alpha value is -2.03. The maximum absolute atomic E-state index is 11.8. The molecule has 0 amide bonds. The van der Waals surface area contributed by atoms with Gasteiger partial charge in [-0.2, -0.15) is 0 Å². The molecule has 0 bridgehead atoms. The van der Waals surface area contributed by atoms with E-state index in [1.807, 2.05) is 0 Å². The highest BCUT2D eigenvalue weighted by molar-refractivity contribution is 5.65. The molecule has 0 radical (unpaired) electrons. The summed E-state index contributed by atoms with van der Waals surface area (Å²) in [6, 6.07) is 0. The smallest absolute Gasteiger partial charge is 0.330 e. The lowest BCUT2D eigenvalue weighted by molar-refractivity contribution is -0.104. The summed E-state index contributed by atoms with van der Waals surface area (Å²) < 4.78 is 6.60. The molecule has 3 atom stereocenters. The molecule has 0 aliphatic carbocycles. The number of aliphatic hydroxyl groups excluding tert-OH is 1. The van der Waals surface area contributed by atoms with E-state index >= 15 is 0 Å². The first kappa shape index (κ1) is 15.4. The fourth-order valence-electron chi connectivity index (χ4n) is 2.31. The zero-order valence-corrected chi connectivity index (χ0v) is 11.4. The molecule has 1 fully saturated rings. The zero-order valence-electron chi connectivity index (χ0n) is 11.4. The van der Waals surface area contributed by atoms with E-state index in [4.69, 9.17) is 4.74 Å². The van der Waals surface area contributed by atoms with Crippen LogP contribution in [-0.2, 0) is 9.53 Å². The number of ether oxygens (including phenoxy) is 1. The van der Waals surface area contributed by atoms with Gasteiger partial charge in [0, 0.05) is 18.2 Å². The molecule has 1 aromatic rings. The van der Waals surface area contributed by atoms with E-state index in [0.29, 0.717) is 11.8 Å². The number of nitrogens with zero attached hydrogens (tertiary/aromatic N) is 1. The monoisotopic (exact) mass is 296 g/mol. The van der Waals surface area contributed by atoms with Crippen LogP contribution >= 0.6 is 0 Å². The number of rotatable bonds is 4. The summed E-state index contributed by atoms with van der Waals surface area (Å²) >= 11 is 0. The van der Waals surface area contributed by atoms with E-state index < -0.39 is 35.8 Å². The van der Waals surface area contributed by atoms with E-state index in [-0.39, 0.29) is 6.42 Å². The second-order valence-corrected chi connectivity index (χ2v) is 4.93. The third-order valence-corrected chi connectivity index (χ3v) is 3.47. The normalized spacial score (nSPS) is 29.1. The second-order valence-electron chi connectivity index (χ2n) is 4.93.